The van der Waals surface area contributed by atoms with Crippen LogP contribution in [0.4, 0.5) is 11.5 Å². The van der Waals surface area contributed by atoms with E-state index in [1.807, 2.05) is 24.3 Å². The number of phenolic OH excluding ortho intramolecular Hbond substituents is 1. The first-order valence-electron chi connectivity index (χ1n) is 8.22. The highest BCUT2D eigenvalue weighted by Crippen LogP contribution is 2.30. The zero-order valence-corrected chi connectivity index (χ0v) is 15.2. The predicted octanol–water partition coefficient (Wildman–Crippen LogP) is 3.83. The Morgan fingerprint density at radius 3 is 2.67 bits per heavy atom. The molecule has 0 atom stereocenters. The van der Waals surface area contributed by atoms with E-state index in [0.29, 0.717) is 40.2 Å². The van der Waals surface area contributed by atoms with Gasteiger partial charge in [-0.1, -0.05) is 23.7 Å². The Hall–Kier alpha value is -3.32. The van der Waals surface area contributed by atoms with Crippen molar-refractivity contribution in [3.05, 3.63) is 71.0 Å². The minimum absolute atomic E-state index is 0.227. The van der Waals surface area contributed by atoms with Crippen molar-refractivity contribution in [2.24, 2.45) is 0 Å². The van der Waals surface area contributed by atoms with Crippen LogP contribution < -0.4 is 10.1 Å². The highest BCUT2D eigenvalue weighted by molar-refractivity contribution is 6.31. The molecule has 0 aliphatic heterocycles. The maximum atomic E-state index is 9.42. The number of halogens is 1. The Labute approximate surface area is 160 Å². The van der Waals surface area contributed by atoms with E-state index in [9.17, 15) is 5.11 Å². The van der Waals surface area contributed by atoms with Crippen molar-refractivity contribution in [1.29, 1.82) is 0 Å². The Balaban J connectivity index is 1.66. The first-order chi connectivity index (χ1) is 13.1. The van der Waals surface area contributed by atoms with Crippen molar-refractivity contribution >= 4 is 28.8 Å². The topological polar surface area (TPSA) is 84.6 Å². The number of hydrogen-bond donors (Lipinski definition) is 2. The summed E-state index contributed by atoms with van der Waals surface area (Å²) in [5, 5.41) is 26.2. The van der Waals surface area contributed by atoms with Crippen LogP contribution in [0.2, 0.25) is 5.02 Å². The van der Waals surface area contributed by atoms with E-state index in [-0.39, 0.29) is 5.75 Å². The molecule has 2 heterocycles. The van der Waals surface area contributed by atoms with Gasteiger partial charge in [-0.2, -0.15) is 4.52 Å². The molecule has 2 aromatic carbocycles. The summed E-state index contributed by atoms with van der Waals surface area (Å²) in [6, 6.07) is 15.9. The molecule has 2 aromatic heterocycles. The van der Waals surface area contributed by atoms with Crippen LogP contribution >= 0.6 is 11.6 Å². The molecule has 136 valence electrons. The van der Waals surface area contributed by atoms with E-state index in [4.69, 9.17) is 16.3 Å². The highest BCUT2D eigenvalue weighted by atomic mass is 35.5. The summed E-state index contributed by atoms with van der Waals surface area (Å²) in [7, 11) is 1.60. The number of aromatic hydroxyl groups is 1. The van der Waals surface area contributed by atoms with Crippen molar-refractivity contribution in [3.8, 4) is 11.5 Å². The first kappa shape index (κ1) is 17.1. The van der Waals surface area contributed by atoms with Crippen LogP contribution in [0.1, 0.15) is 11.4 Å². The Morgan fingerprint density at radius 1 is 1.07 bits per heavy atom. The summed E-state index contributed by atoms with van der Waals surface area (Å²) in [5.74, 6) is 2.19. The number of hydrogen-bond acceptors (Lipinski definition) is 6. The number of nitrogens with one attached hydrogen (secondary N) is 1. The fourth-order valence-corrected chi connectivity index (χ4v) is 2.89. The molecule has 27 heavy (non-hydrogen) atoms. The van der Waals surface area contributed by atoms with Crippen molar-refractivity contribution in [3.63, 3.8) is 0 Å². The molecule has 0 saturated carbocycles. The van der Waals surface area contributed by atoms with Gasteiger partial charge in [-0.3, -0.25) is 0 Å². The number of benzene rings is 2. The monoisotopic (exact) mass is 381 g/mol. The third kappa shape index (κ3) is 3.63. The largest absolute Gasteiger partial charge is 0.508 e. The number of nitrogens with zero attached hydrogens (tertiary/aromatic N) is 4. The molecule has 7 nitrogen and oxygen atoms in total. The van der Waals surface area contributed by atoms with Crippen LogP contribution in [0.5, 0.6) is 11.5 Å². The van der Waals surface area contributed by atoms with Gasteiger partial charge in [0.05, 0.1) is 12.8 Å². The first-order valence-corrected chi connectivity index (χ1v) is 8.60. The number of rotatable bonds is 5. The van der Waals surface area contributed by atoms with Gasteiger partial charge in [-0.05, 0) is 48.0 Å². The smallest absolute Gasteiger partial charge is 0.178 e. The van der Waals surface area contributed by atoms with E-state index >= 15 is 0 Å². The van der Waals surface area contributed by atoms with Gasteiger partial charge in [0.1, 0.15) is 11.5 Å². The highest BCUT2D eigenvalue weighted by Gasteiger charge is 2.10. The molecule has 0 spiro atoms. The summed E-state index contributed by atoms with van der Waals surface area (Å²) >= 11 is 6.09. The third-order valence-electron chi connectivity index (χ3n) is 4.05. The van der Waals surface area contributed by atoms with Gasteiger partial charge in [0, 0.05) is 11.4 Å². The maximum Gasteiger partial charge on any atom is 0.178 e. The molecule has 0 unspecified atom stereocenters. The van der Waals surface area contributed by atoms with E-state index in [2.05, 4.69) is 20.6 Å². The van der Waals surface area contributed by atoms with Crippen molar-refractivity contribution in [1.82, 2.24) is 19.8 Å². The molecule has 8 heteroatoms. The summed E-state index contributed by atoms with van der Waals surface area (Å²) in [6.07, 6.45) is 0.540. The second-order valence-electron chi connectivity index (χ2n) is 5.92. The molecule has 0 bridgehead atoms. The normalized spacial score (nSPS) is 10.9. The molecular weight excluding hydrogens is 366 g/mol. The zero-order chi connectivity index (χ0) is 18.8. The average Bonchev–Trinajstić information content (AvgIpc) is 3.06. The quantitative estimate of drug-likeness (QED) is 0.546. The second-order valence-corrected chi connectivity index (χ2v) is 6.35. The van der Waals surface area contributed by atoms with Crippen LogP contribution in [0, 0.1) is 0 Å². The summed E-state index contributed by atoms with van der Waals surface area (Å²) < 4.78 is 7.04. The molecule has 0 fully saturated rings. The van der Waals surface area contributed by atoms with Crippen LogP contribution in [-0.4, -0.2) is 32.0 Å². The lowest BCUT2D eigenvalue weighted by molar-refractivity contribution is 0.417. The lowest BCUT2D eigenvalue weighted by Gasteiger charge is -2.11. The molecule has 0 saturated heterocycles. The summed E-state index contributed by atoms with van der Waals surface area (Å²) in [4.78, 5) is 0. The average molecular weight is 382 g/mol. The Bertz CT molecular complexity index is 1100. The van der Waals surface area contributed by atoms with Crippen LogP contribution in [-0.2, 0) is 6.42 Å². The van der Waals surface area contributed by atoms with E-state index in [1.165, 1.54) is 0 Å². The summed E-state index contributed by atoms with van der Waals surface area (Å²) in [5.41, 5.74) is 2.36. The zero-order valence-electron chi connectivity index (χ0n) is 14.4. The lowest BCUT2D eigenvalue weighted by atomic mass is 10.1. The van der Waals surface area contributed by atoms with Gasteiger partial charge in [-0.25, -0.2) is 0 Å². The molecule has 0 amide bonds. The number of ether oxygens (including phenoxy) is 1. The van der Waals surface area contributed by atoms with Gasteiger partial charge >= 0.3 is 0 Å². The fraction of sp³-hybridized carbons (Fsp3) is 0.105. The van der Waals surface area contributed by atoms with Gasteiger partial charge in [0.15, 0.2) is 17.3 Å². The molecule has 0 radical (unpaired) electrons. The molecule has 2 N–H and O–H groups in total. The molecule has 4 rings (SSSR count). The van der Waals surface area contributed by atoms with E-state index in [1.54, 1.807) is 42.0 Å². The van der Waals surface area contributed by atoms with Crippen molar-refractivity contribution < 1.29 is 9.84 Å². The van der Waals surface area contributed by atoms with Gasteiger partial charge in [0.2, 0.25) is 0 Å². The second kappa shape index (κ2) is 7.13. The molecule has 0 aliphatic carbocycles. The van der Waals surface area contributed by atoms with Gasteiger partial charge < -0.3 is 15.2 Å². The SMILES string of the molecule is COc1ccc(Cl)cc1Nc1ccc2nnc(Cc3ccc(O)cc3)n2n1. The van der Waals surface area contributed by atoms with Crippen LogP contribution in [0.3, 0.4) is 0 Å². The number of methoxy groups -OCH3 is 1. The molecule has 4 aromatic rings. The lowest BCUT2D eigenvalue weighted by Crippen LogP contribution is -2.04. The number of fused-ring (bicyclic) bond motifs is 1. The standard InChI is InChI=1S/C19H16ClN5O2/c1-27-16-7-4-13(20)11-15(16)21-17-8-9-18-22-23-19(25(18)24-17)10-12-2-5-14(26)6-3-12/h2-9,11,26H,10H2,1H3,(H,21,24). The molecular formula is C19H16ClN5O2. The van der Waals surface area contributed by atoms with E-state index in [0.717, 1.165) is 5.56 Å². The minimum atomic E-state index is 0.227. The van der Waals surface area contributed by atoms with Crippen LogP contribution in [0.15, 0.2) is 54.6 Å². The Morgan fingerprint density at radius 2 is 1.89 bits per heavy atom. The fourth-order valence-electron chi connectivity index (χ4n) is 2.72. The predicted molar refractivity (Wildman–Crippen MR) is 103 cm³/mol. The summed E-state index contributed by atoms with van der Waals surface area (Å²) in [6.45, 7) is 0. The van der Waals surface area contributed by atoms with Crippen molar-refractivity contribution in [2.75, 3.05) is 12.4 Å². The third-order valence-corrected chi connectivity index (χ3v) is 4.29. The van der Waals surface area contributed by atoms with Gasteiger partial charge in [0.25, 0.3) is 0 Å². The van der Waals surface area contributed by atoms with Crippen molar-refractivity contribution in [2.45, 2.75) is 6.42 Å². The molecule has 0 aliphatic rings. The van der Waals surface area contributed by atoms with Crippen LogP contribution in [0.25, 0.3) is 5.65 Å². The maximum absolute atomic E-state index is 9.42. The van der Waals surface area contributed by atoms with E-state index < -0.39 is 0 Å². The van der Waals surface area contributed by atoms with Gasteiger partial charge in [-0.15, -0.1) is 15.3 Å². The minimum Gasteiger partial charge on any atom is -0.508 e. The number of anilines is 2. The Kier molecular flexibility index (Phi) is 4.52. The number of phenols is 1. The number of aromatic nitrogens is 4.